The number of hydrogen-bond donors (Lipinski definition) is 0. The summed E-state index contributed by atoms with van der Waals surface area (Å²) in [5.41, 5.74) is 0.0426. The van der Waals surface area contributed by atoms with E-state index >= 15 is 0 Å². The van der Waals surface area contributed by atoms with E-state index in [4.69, 9.17) is 16.3 Å². The van der Waals surface area contributed by atoms with E-state index in [0.29, 0.717) is 49.2 Å². The third-order valence-corrected chi connectivity index (χ3v) is 5.64. The Morgan fingerprint density at radius 1 is 1.03 bits per heavy atom. The Bertz CT molecular complexity index is 1210. The summed E-state index contributed by atoms with van der Waals surface area (Å²) in [6.45, 7) is 1.74. The fourth-order valence-electron chi connectivity index (χ4n) is 3.54. The van der Waals surface area contributed by atoms with Crippen LogP contribution in [0.15, 0.2) is 53.5 Å². The van der Waals surface area contributed by atoms with Crippen LogP contribution in [0.2, 0.25) is 5.02 Å². The number of rotatable bonds is 4. The van der Waals surface area contributed by atoms with E-state index in [-0.39, 0.29) is 16.6 Å². The first-order valence-corrected chi connectivity index (χ1v) is 10.2. The topological polar surface area (TPSA) is 67.7 Å². The van der Waals surface area contributed by atoms with Gasteiger partial charge < -0.3 is 14.5 Å². The molecule has 0 bridgehead atoms. The van der Waals surface area contributed by atoms with Crippen LogP contribution in [0.1, 0.15) is 10.4 Å². The van der Waals surface area contributed by atoms with Crippen molar-refractivity contribution in [3.8, 4) is 11.4 Å². The van der Waals surface area contributed by atoms with Crippen LogP contribution in [-0.2, 0) is 0 Å². The van der Waals surface area contributed by atoms with Crippen LogP contribution in [0.4, 0.5) is 14.5 Å². The summed E-state index contributed by atoms with van der Waals surface area (Å²) in [6, 6.07) is 9.71. The molecule has 0 spiro atoms. The van der Waals surface area contributed by atoms with E-state index in [0.717, 1.165) is 16.8 Å². The number of aromatic nitrogens is 2. The van der Waals surface area contributed by atoms with E-state index in [1.54, 1.807) is 36.3 Å². The molecular weight excluding hydrogens is 442 g/mol. The molecule has 0 saturated carbocycles. The van der Waals surface area contributed by atoms with Gasteiger partial charge in [-0.25, -0.2) is 8.78 Å². The van der Waals surface area contributed by atoms with Crippen LogP contribution in [0.25, 0.3) is 5.69 Å². The van der Waals surface area contributed by atoms with Gasteiger partial charge in [0.2, 0.25) is 0 Å². The highest BCUT2D eigenvalue weighted by atomic mass is 35.5. The number of amides is 1. The Hall–Kier alpha value is -3.46. The first-order valence-electron chi connectivity index (χ1n) is 9.80. The Labute approximate surface area is 187 Å². The zero-order valence-corrected chi connectivity index (χ0v) is 17.9. The smallest absolute Gasteiger partial charge is 0.292 e. The maximum atomic E-state index is 14.1. The molecule has 0 radical (unpaired) electrons. The number of hydrogen-bond acceptors (Lipinski definition) is 5. The third kappa shape index (κ3) is 4.16. The fourth-order valence-corrected chi connectivity index (χ4v) is 3.78. The minimum Gasteiger partial charge on any atom is -0.497 e. The molecule has 1 aliphatic rings. The van der Waals surface area contributed by atoms with Gasteiger partial charge in [-0.1, -0.05) is 11.6 Å². The average Bonchev–Trinajstić information content (AvgIpc) is 2.81. The molecule has 1 fully saturated rings. The van der Waals surface area contributed by atoms with Gasteiger partial charge in [0.25, 0.3) is 11.5 Å². The number of halogens is 3. The van der Waals surface area contributed by atoms with Crippen LogP contribution in [0.5, 0.6) is 5.75 Å². The average molecular weight is 461 g/mol. The lowest BCUT2D eigenvalue weighted by atomic mass is 10.1. The van der Waals surface area contributed by atoms with Crippen LogP contribution in [-0.4, -0.2) is 53.9 Å². The molecule has 2 heterocycles. The molecule has 166 valence electrons. The summed E-state index contributed by atoms with van der Waals surface area (Å²) in [5.74, 6) is -1.11. The van der Waals surface area contributed by atoms with Crippen molar-refractivity contribution in [1.29, 1.82) is 0 Å². The zero-order chi connectivity index (χ0) is 22.8. The normalized spacial score (nSPS) is 13.9. The lowest BCUT2D eigenvalue weighted by molar-refractivity contribution is 0.0746. The zero-order valence-electron chi connectivity index (χ0n) is 17.1. The van der Waals surface area contributed by atoms with Crippen molar-refractivity contribution in [2.75, 3.05) is 38.2 Å². The second-order valence-electron chi connectivity index (χ2n) is 7.16. The van der Waals surface area contributed by atoms with E-state index in [9.17, 15) is 18.4 Å². The van der Waals surface area contributed by atoms with E-state index in [1.165, 1.54) is 6.20 Å². The molecule has 32 heavy (non-hydrogen) atoms. The summed E-state index contributed by atoms with van der Waals surface area (Å²) in [7, 11) is 1.56. The largest absolute Gasteiger partial charge is 0.497 e. The van der Waals surface area contributed by atoms with Gasteiger partial charge in [-0.2, -0.15) is 9.78 Å². The van der Waals surface area contributed by atoms with Crippen LogP contribution in [0.3, 0.4) is 0 Å². The van der Waals surface area contributed by atoms with Gasteiger partial charge >= 0.3 is 0 Å². The second-order valence-corrected chi connectivity index (χ2v) is 7.54. The monoisotopic (exact) mass is 460 g/mol. The molecule has 0 N–H and O–H groups in total. The fraction of sp³-hybridized carbons (Fsp3) is 0.227. The number of carbonyl (C=O) groups is 1. The van der Waals surface area contributed by atoms with Gasteiger partial charge in [0.05, 0.1) is 19.0 Å². The highest BCUT2D eigenvalue weighted by Gasteiger charge is 2.25. The standard InChI is InChI=1S/C22H19ClF2N4O3/c1-32-16-5-2-14(3-6-16)21(30)28-10-8-27(9-11-28)19-13-26-29(22(31)20(19)23)18-7-4-15(24)12-17(18)25/h2-7,12-13H,8-11H2,1H3. The van der Waals surface area contributed by atoms with Crippen molar-refractivity contribution in [1.82, 2.24) is 14.7 Å². The number of methoxy groups -OCH3 is 1. The summed E-state index contributed by atoms with van der Waals surface area (Å²) < 4.78 is 33.1. The van der Waals surface area contributed by atoms with Crippen molar-refractivity contribution in [2.24, 2.45) is 0 Å². The molecular formula is C22H19ClF2N4O3. The minimum atomic E-state index is -0.922. The third-order valence-electron chi connectivity index (χ3n) is 5.28. The lowest BCUT2D eigenvalue weighted by Crippen LogP contribution is -2.49. The Morgan fingerprint density at radius 3 is 2.34 bits per heavy atom. The number of ether oxygens (including phenoxy) is 1. The maximum Gasteiger partial charge on any atom is 0.292 e. The van der Waals surface area contributed by atoms with Gasteiger partial charge in [0, 0.05) is 37.8 Å². The first kappa shape index (κ1) is 21.8. The molecule has 0 unspecified atom stereocenters. The Morgan fingerprint density at radius 2 is 1.72 bits per heavy atom. The van der Waals surface area contributed by atoms with Crippen LogP contribution >= 0.6 is 11.6 Å². The number of benzene rings is 2. The molecule has 1 saturated heterocycles. The van der Waals surface area contributed by atoms with Crippen molar-refractivity contribution in [2.45, 2.75) is 0 Å². The van der Waals surface area contributed by atoms with Crippen molar-refractivity contribution >= 4 is 23.2 Å². The number of piperazine rings is 1. The summed E-state index contributed by atoms with van der Waals surface area (Å²) in [6.07, 6.45) is 1.37. The molecule has 3 aromatic rings. The van der Waals surface area contributed by atoms with Crippen LogP contribution < -0.4 is 15.2 Å². The molecule has 10 heteroatoms. The Kier molecular flexibility index (Phi) is 6.09. The quantitative estimate of drug-likeness (QED) is 0.598. The second kappa shape index (κ2) is 8.96. The molecule has 2 aromatic carbocycles. The van der Waals surface area contributed by atoms with Gasteiger partial charge in [0.1, 0.15) is 22.3 Å². The highest BCUT2D eigenvalue weighted by molar-refractivity contribution is 6.33. The SMILES string of the molecule is COc1ccc(C(=O)N2CCN(c3cnn(-c4ccc(F)cc4F)c(=O)c3Cl)CC2)cc1. The van der Waals surface area contributed by atoms with Crippen molar-refractivity contribution in [3.63, 3.8) is 0 Å². The highest BCUT2D eigenvalue weighted by Crippen LogP contribution is 2.24. The van der Waals surface area contributed by atoms with Gasteiger partial charge in [-0.05, 0) is 36.4 Å². The molecule has 1 amide bonds. The summed E-state index contributed by atoms with van der Waals surface area (Å²) >= 11 is 6.28. The Balaban J connectivity index is 1.49. The number of carbonyl (C=O) groups excluding carboxylic acids is 1. The van der Waals surface area contributed by atoms with Crippen molar-refractivity contribution < 1.29 is 18.3 Å². The molecule has 0 aliphatic carbocycles. The van der Waals surface area contributed by atoms with Crippen LogP contribution in [0, 0.1) is 11.6 Å². The van der Waals surface area contributed by atoms with E-state index in [2.05, 4.69) is 5.10 Å². The van der Waals surface area contributed by atoms with E-state index in [1.807, 2.05) is 4.90 Å². The molecule has 4 rings (SSSR count). The van der Waals surface area contributed by atoms with Crippen molar-refractivity contribution in [3.05, 3.63) is 81.2 Å². The minimum absolute atomic E-state index is 0.0984. The molecule has 1 aromatic heterocycles. The molecule has 0 atom stereocenters. The lowest BCUT2D eigenvalue weighted by Gasteiger charge is -2.36. The number of anilines is 1. The predicted molar refractivity (Wildman–Crippen MR) is 116 cm³/mol. The summed E-state index contributed by atoms with van der Waals surface area (Å²) in [5, 5.41) is 3.89. The van der Waals surface area contributed by atoms with Gasteiger partial charge in [0.15, 0.2) is 5.82 Å². The van der Waals surface area contributed by atoms with Gasteiger partial charge in [-0.3, -0.25) is 9.59 Å². The maximum absolute atomic E-state index is 14.1. The number of nitrogens with zero attached hydrogens (tertiary/aromatic N) is 4. The summed E-state index contributed by atoms with van der Waals surface area (Å²) in [4.78, 5) is 29.0. The molecule has 7 nitrogen and oxygen atoms in total. The molecule has 1 aliphatic heterocycles. The predicted octanol–water partition coefficient (Wildman–Crippen LogP) is 3.14. The van der Waals surface area contributed by atoms with Gasteiger partial charge in [-0.15, -0.1) is 0 Å². The first-order chi connectivity index (χ1) is 15.4. The van der Waals surface area contributed by atoms with E-state index < -0.39 is 17.2 Å².